The van der Waals surface area contributed by atoms with E-state index in [0.717, 1.165) is 34.2 Å². The van der Waals surface area contributed by atoms with E-state index in [1.807, 2.05) is 50.3 Å². The van der Waals surface area contributed by atoms with Crippen LogP contribution in [0.2, 0.25) is 0 Å². The maximum atomic E-state index is 6.32. The average molecular weight is 300 g/mol. The summed E-state index contributed by atoms with van der Waals surface area (Å²) in [5.41, 5.74) is 8.71. The van der Waals surface area contributed by atoms with Crippen molar-refractivity contribution in [1.82, 2.24) is 0 Å². The summed E-state index contributed by atoms with van der Waals surface area (Å²) in [7, 11) is 0. The van der Waals surface area contributed by atoms with E-state index in [9.17, 15) is 0 Å². The summed E-state index contributed by atoms with van der Waals surface area (Å²) in [6.45, 7) is 3.80. The lowest BCUT2D eigenvalue weighted by atomic mass is 9.89. The first-order chi connectivity index (χ1) is 10.1. The molecule has 0 spiro atoms. The third-order valence-electron chi connectivity index (χ3n) is 3.47. The van der Waals surface area contributed by atoms with Crippen LogP contribution in [-0.4, -0.2) is 11.8 Å². The Kier molecular flexibility index (Phi) is 3.61. The number of allylic oxidation sites excluding steroid dienone is 2. The van der Waals surface area contributed by atoms with Crippen LogP contribution in [-0.2, 0) is 0 Å². The van der Waals surface area contributed by atoms with Crippen molar-refractivity contribution in [1.29, 1.82) is 0 Å². The van der Waals surface area contributed by atoms with Gasteiger partial charge in [0.25, 0.3) is 0 Å². The van der Waals surface area contributed by atoms with E-state index < -0.39 is 6.04 Å². The van der Waals surface area contributed by atoms with Gasteiger partial charge in [0.1, 0.15) is 23.0 Å². The average Bonchev–Trinajstić information content (AvgIpc) is 3.07. The Balaban J connectivity index is 2.07. The van der Waals surface area contributed by atoms with E-state index in [1.54, 1.807) is 0 Å². The van der Waals surface area contributed by atoms with Crippen LogP contribution < -0.4 is 5.73 Å². The second kappa shape index (κ2) is 5.42. The third kappa shape index (κ3) is 2.50. The number of rotatable bonds is 2. The Morgan fingerprint density at radius 3 is 2.14 bits per heavy atom. The van der Waals surface area contributed by atoms with E-state index in [2.05, 4.69) is 17.2 Å². The van der Waals surface area contributed by atoms with Gasteiger partial charge in [-0.2, -0.15) is 0 Å². The molecule has 0 bridgehead atoms. The zero-order valence-electron chi connectivity index (χ0n) is 11.8. The van der Waals surface area contributed by atoms with Crippen LogP contribution in [0.3, 0.4) is 0 Å². The van der Waals surface area contributed by atoms with E-state index in [4.69, 9.17) is 14.6 Å². The zero-order valence-corrected chi connectivity index (χ0v) is 12.7. The van der Waals surface area contributed by atoms with Crippen LogP contribution in [0, 0.1) is 13.8 Å². The van der Waals surface area contributed by atoms with Gasteiger partial charge in [0, 0.05) is 11.1 Å². The highest BCUT2D eigenvalue weighted by Crippen LogP contribution is 2.31. The van der Waals surface area contributed by atoms with E-state index >= 15 is 0 Å². The van der Waals surface area contributed by atoms with Crippen molar-refractivity contribution in [2.45, 2.75) is 19.9 Å². The molecule has 1 aliphatic carbocycles. The lowest BCUT2D eigenvalue weighted by Crippen LogP contribution is -2.34. The van der Waals surface area contributed by atoms with Crippen LogP contribution in [0.25, 0.3) is 11.1 Å². The molecule has 5 heteroatoms. The molecule has 4 nitrogen and oxygen atoms in total. The Morgan fingerprint density at radius 2 is 1.62 bits per heavy atom. The Hall–Kier alpha value is -1.98. The smallest absolute Gasteiger partial charge is 0.136 e. The summed E-state index contributed by atoms with van der Waals surface area (Å²) in [5.74, 6) is 3.18. The van der Waals surface area contributed by atoms with Gasteiger partial charge in [-0.1, -0.05) is 6.08 Å². The number of hydrogen-bond donors (Lipinski definition) is 2. The number of furan rings is 2. The summed E-state index contributed by atoms with van der Waals surface area (Å²) >= 11 is 4.07. The molecule has 2 aromatic heterocycles. The van der Waals surface area contributed by atoms with E-state index in [1.165, 1.54) is 0 Å². The van der Waals surface area contributed by atoms with Crippen LogP contribution >= 0.6 is 12.8 Å². The molecule has 21 heavy (non-hydrogen) atoms. The van der Waals surface area contributed by atoms with Crippen molar-refractivity contribution in [2.75, 3.05) is 0 Å². The highest BCUT2D eigenvalue weighted by Gasteiger charge is 2.27. The lowest BCUT2D eigenvalue weighted by Gasteiger charge is -2.21. The summed E-state index contributed by atoms with van der Waals surface area (Å²) in [6.07, 6.45) is 3.88. The number of nitrogens with two attached hydrogens (primary N) is 1. The third-order valence-corrected chi connectivity index (χ3v) is 3.69. The van der Waals surface area contributed by atoms with Crippen LogP contribution in [0.4, 0.5) is 0 Å². The largest absolute Gasteiger partial charge is 0.462 e. The molecule has 2 heterocycles. The van der Waals surface area contributed by atoms with Gasteiger partial charge in [-0.25, -0.2) is 4.40 Å². The molecular formula is C16H16N2O2S. The molecule has 1 atom stereocenters. The van der Waals surface area contributed by atoms with Crippen molar-refractivity contribution in [3.05, 3.63) is 59.5 Å². The van der Waals surface area contributed by atoms with Gasteiger partial charge in [0.05, 0.1) is 11.8 Å². The fourth-order valence-corrected chi connectivity index (χ4v) is 2.64. The predicted octanol–water partition coefficient (Wildman–Crippen LogP) is 3.58. The van der Waals surface area contributed by atoms with Gasteiger partial charge in [0.2, 0.25) is 0 Å². The number of nitrogens with zero attached hydrogens (tertiary/aromatic N) is 1. The molecule has 0 amide bonds. The van der Waals surface area contributed by atoms with Crippen molar-refractivity contribution in [3.8, 4) is 0 Å². The molecule has 0 fully saturated rings. The molecule has 2 N–H and O–H groups in total. The van der Waals surface area contributed by atoms with Crippen molar-refractivity contribution in [2.24, 2.45) is 10.1 Å². The summed E-state index contributed by atoms with van der Waals surface area (Å²) in [5, 5.41) is 0. The second-order valence-corrected chi connectivity index (χ2v) is 5.19. The first-order valence-corrected chi connectivity index (χ1v) is 7.03. The molecule has 3 rings (SSSR count). The number of thiol groups is 1. The molecule has 0 saturated carbocycles. The maximum absolute atomic E-state index is 6.32. The second-order valence-electron chi connectivity index (χ2n) is 4.99. The topological polar surface area (TPSA) is 64.7 Å². The Morgan fingerprint density at radius 1 is 1.00 bits per heavy atom. The zero-order chi connectivity index (χ0) is 15.0. The molecule has 1 aliphatic rings. The van der Waals surface area contributed by atoms with Crippen molar-refractivity contribution in [3.63, 3.8) is 0 Å². The monoisotopic (exact) mass is 300 g/mol. The molecule has 0 radical (unpaired) electrons. The van der Waals surface area contributed by atoms with Crippen LogP contribution in [0.1, 0.15) is 23.0 Å². The highest BCUT2D eigenvalue weighted by molar-refractivity contribution is 7.79. The first-order valence-electron chi connectivity index (χ1n) is 6.63. The van der Waals surface area contributed by atoms with Gasteiger partial charge in [-0.3, -0.25) is 0 Å². The number of hydrogen-bond acceptors (Lipinski definition) is 5. The minimum atomic E-state index is -0.404. The van der Waals surface area contributed by atoms with Crippen molar-refractivity contribution < 1.29 is 8.83 Å². The summed E-state index contributed by atoms with van der Waals surface area (Å²) in [4.78, 5) is 0. The van der Waals surface area contributed by atoms with Gasteiger partial charge in [-0.05, 0) is 57.0 Å². The molecule has 0 saturated heterocycles. The maximum Gasteiger partial charge on any atom is 0.136 e. The number of aryl methyl sites for hydroxylation is 2. The summed E-state index contributed by atoms with van der Waals surface area (Å²) < 4.78 is 15.4. The lowest BCUT2D eigenvalue weighted by molar-refractivity contribution is 0.518. The van der Waals surface area contributed by atoms with Gasteiger partial charge >= 0.3 is 0 Å². The Labute approximate surface area is 128 Å². The summed E-state index contributed by atoms with van der Waals surface area (Å²) in [6, 6.07) is 7.23. The molecule has 108 valence electrons. The predicted molar refractivity (Wildman–Crippen MR) is 87.2 cm³/mol. The van der Waals surface area contributed by atoms with Crippen LogP contribution in [0.5, 0.6) is 0 Å². The van der Waals surface area contributed by atoms with E-state index in [-0.39, 0.29) is 0 Å². The molecule has 1 unspecified atom stereocenters. The van der Waals surface area contributed by atoms with Gasteiger partial charge < -0.3 is 14.6 Å². The van der Waals surface area contributed by atoms with Crippen LogP contribution in [0.15, 0.2) is 49.6 Å². The highest BCUT2D eigenvalue weighted by atomic mass is 32.1. The fourth-order valence-electron chi connectivity index (χ4n) is 2.41. The standard InChI is InChI=1S/C16H16N2O2S/c1-9-3-7-13(19-9)11-5-6-12(16(18-21)15(11)17)14-8-4-10(2)20-14/h3-8,15,21H,17H2,1-2H3. The first kappa shape index (κ1) is 14.0. The van der Waals surface area contributed by atoms with Crippen molar-refractivity contribution >= 4 is 29.7 Å². The fraction of sp³-hybridized carbons (Fsp3) is 0.188. The molecule has 0 aromatic carbocycles. The minimum Gasteiger partial charge on any atom is -0.462 e. The van der Waals surface area contributed by atoms with E-state index in [0.29, 0.717) is 5.71 Å². The SMILES string of the molecule is Cc1ccc(C2=CC=C(c3ccc(C)o3)C(N)C2=NS)o1. The molecule has 2 aromatic rings. The van der Waals surface area contributed by atoms with Gasteiger partial charge in [-0.15, -0.1) is 0 Å². The molecule has 0 aliphatic heterocycles. The normalized spacial score (nSPS) is 20.6. The quantitative estimate of drug-likeness (QED) is 0.833. The molecular weight excluding hydrogens is 284 g/mol. The minimum absolute atomic E-state index is 0.404. The van der Waals surface area contributed by atoms with Gasteiger partial charge in [0.15, 0.2) is 0 Å². The Bertz CT molecular complexity index is 765.